The third kappa shape index (κ3) is 3.92. The van der Waals surface area contributed by atoms with Gasteiger partial charge < -0.3 is 11.1 Å². The molecule has 1 aromatic rings. The Labute approximate surface area is 83.7 Å². The molecule has 0 aliphatic carbocycles. The monoisotopic (exact) mass is 200 g/mol. The molecule has 0 saturated heterocycles. The van der Waals surface area contributed by atoms with Crippen LogP contribution in [0.3, 0.4) is 0 Å². The molecule has 1 rings (SSSR count). The van der Waals surface area contributed by atoms with Crippen LogP contribution < -0.4 is 11.1 Å². The summed E-state index contributed by atoms with van der Waals surface area (Å²) in [6.07, 6.45) is 0. The summed E-state index contributed by atoms with van der Waals surface area (Å²) in [7, 11) is 0. The Kier molecular flexibility index (Phi) is 5.93. The third-order valence-electron chi connectivity index (χ3n) is 1.47. The lowest BCUT2D eigenvalue weighted by molar-refractivity contribution is 0.0955. The fourth-order valence-corrected chi connectivity index (χ4v) is 0.877. The highest BCUT2D eigenvalue weighted by atomic mass is 35.5. The van der Waals surface area contributed by atoms with E-state index in [9.17, 15) is 4.79 Å². The summed E-state index contributed by atoms with van der Waals surface area (Å²) >= 11 is 0. The van der Waals surface area contributed by atoms with Crippen molar-refractivity contribution in [2.45, 2.75) is 0 Å². The van der Waals surface area contributed by atoms with Gasteiger partial charge in [0.05, 0.1) is 0 Å². The Morgan fingerprint density at radius 1 is 1.31 bits per heavy atom. The van der Waals surface area contributed by atoms with E-state index in [-0.39, 0.29) is 18.3 Å². The minimum Gasteiger partial charge on any atom is -0.351 e. The maximum atomic E-state index is 11.2. The number of benzene rings is 1. The molecule has 0 radical (unpaired) electrons. The quantitative estimate of drug-likeness (QED) is 0.759. The Balaban J connectivity index is 0.00000144. The number of halogens is 1. The van der Waals surface area contributed by atoms with Crippen molar-refractivity contribution in [3.05, 3.63) is 35.9 Å². The molecule has 0 spiro atoms. The van der Waals surface area contributed by atoms with Crippen LogP contribution in [0.25, 0.3) is 0 Å². The Morgan fingerprint density at radius 3 is 2.46 bits per heavy atom. The van der Waals surface area contributed by atoms with Gasteiger partial charge in [-0.2, -0.15) is 0 Å². The highest BCUT2D eigenvalue weighted by molar-refractivity contribution is 5.94. The first kappa shape index (κ1) is 11.9. The van der Waals surface area contributed by atoms with E-state index >= 15 is 0 Å². The number of rotatable bonds is 3. The molecule has 3 N–H and O–H groups in total. The average Bonchev–Trinajstić information content (AvgIpc) is 2.15. The van der Waals surface area contributed by atoms with Crippen molar-refractivity contribution in [2.75, 3.05) is 13.1 Å². The number of nitrogens with two attached hydrogens (primary N) is 1. The molecule has 0 aliphatic rings. The van der Waals surface area contributed by atoms with E-state index in [2.05, 4.69) is 5.32 Å². The summed E-state index contributed by atoms with van der Waals surface area (Å²) in [4.78, 5) is 11.2. The van der Waals surface area contributed by atoms with Crippen molar-refractivity contribution in [3.8, 4) is 0 Å². The zero-order chi connectivity index (χ0) is 8.81. The molecule has 13 heavy (non-hydrogen) atoms. The molecule has 0 saturated carbocycles. The topological polar surface area (TPSA) is 55.1 Å². The maximum absolute atomic E-state index is 11.2. The normalized spacial score (nSPS) is 8.69. The van der Waals surface area contributed by atoms with Gasteiger partial charge in [-0.15, -0.1) is 12.4 Å². The number of hydrogen-bond acceptors (Lipinski definition) is 2. The second kappa shape index (κ2) is 6.46. The maximum Gasteiger partial charge on any atom is 0.251 e. The molecule has 1 aromatic carbocycles. The predicted octanol–water partition coefficient (Wildman–Crippen LogP) is 0.797. The van der Waals surface area contributed by atoms with Crippen LogP contribution in [0.2, 0.25) is 0 Å². The van der Waals surface area contributed by atoms with Gasteiger partial charge in [0, 0.05) is 18.7 Å². The van der Waals surface area contributed by atoms with Gasteiger partial charge in [-0.25, -0.2) is 0 Å². The standard InChI is InChI=1S/C9H12N2O.ClH/c10-6-7-11-9(12)8-4-2-1-3-5-8;/h1-5H,6-7,10H2,(H,11,12);1H. The SMILES string of the molecule is Cl.NCCNC(=O)c1ccccc1. The minimum atomic E-state index is -0.0685. The van der Waals surface area contributed by atoms with Crippen LogP contribution in [-0.2, 0) is 0 Å². The highest BCUT2D eigenvalue weighted by Crippen LogP contribution is 1.96. The van der Waals surface area contributed by atoms with Crippen molar-refractivity contribution >= 4 is 18.3 Å². The summed E-state index contributed by atoms with van der Waals surface area (Å²) in [5.41, 5.74) is 5.91. The van der Waals surface area contributed by atoms with Crippen LogP contribution in [-0.4, -0.2) is 19.0 Å². The van der Waals surface area contributed by atoms with E-state index in [0.717, 1.165) is 0 Å². The summed E-state index contributed by atoms with van der Waals surface area (Å²) in [5.74, 6) is -0.0685. The van der Waals surface area contributed by atoms with Crippen molar-refractivity contribution in [1.82, 2.24) is 5.32 Å². The number of amides is 1. The molecule has 0 bridgehead atoms. The first-order valence-corrected chi connectivity index (χ1v) is 3.88. The van der Waals surface area contributed by atoms with Crippen LogP contribution in [0.1, 0.15) is 10.4 Å². The zero-order valence-corrected chi connectivity index (χ0v) is 8.01. The molecule has 0 atom stereocenters. The Hall–Kier alpha value is -1.06. The number of carbonyl (C=O) groups is 1. The third-order valence-corrected chi connectivity index (χ3v) is 1.47. The van der Waals surface area contributed by atoms with Crippen LogP contribution >= 0.6 is 12.4 Å². The van der Waals surface area contributed by atoms with Crippen LogP contribution in [0.15, 0.2) is 30.3 Å². The van der Waals surface area contributed by atoms with Crippen molar-refractivity contribution in [3.63, 3.8) is 0 Å². The average molecular weight is 201 g/mol. The summed E-state index contributed by atoms with van der Waals surface area (Å²) in [6.45, 7) is 0.992. The van der Waals surface area contributed by atoms with Crippen LogP contribution in [0.5, 0.6) is 0 Å². The fraction of sp³-hybridized carbons (Fsp3) is 0.222. The van der Waals surface area contributed by atoms with Gasteiger partial charge in [0.25, 0.3) is 5.91 Å². The fourth-order valence-electron chi connectivity index (χ4n) is 0.877. The van der Waals surface area contributed by atoms with E-state index in [1.54, 1.807) is 12.1 Å². The van der Waals surface area contributed by atoms with E-state index in [4.69, 9.17) is 5.73 Å². The second-order valence-electron chi connectivity index (χ2n) is 2.41. The number of carbonyl (C=O) groups excluding carboxylic acids is 1. The van der Waals surface area contributed by atoms with Crippen LogP contribution in [0.4, 0.5) is 0 Å². The number of hydrogen-bond donors (Lipinski definition) is 2. The van der Waals surface area contributed by atoms with Crippen molar-refractivity contribution < 1.29 is 4.79 Å². The lowest BCUT2D eigenvalue weighted by Gasteiger charge is -2.01. The van der Waals surface area contributed by atoms with E-state index < -0.39 is 0 Å². The van der Waals surface area contributed by atoms with E-state index in [0.29, 0.717) is 18.7 Å². The van der Waals surface area contributed by atoms with Crippen molar-refractivity contribution in [1.29, 1.82) is 0 Å². The molecule has 4 heteroatoms. The molecule has 0 fully saturated rings. The van der Waals surface area contributed by atoms with Gasteiger partial charge in [0.1, 0.15) is 0 Å². The smallest absolute Gasteiger partial charge is 0.251 e. The molecule has 0 unspecified atom stereocenters. The van der Waals surface area contributed by atoms with Crippen molar-refractivity contribution in [2.24, 2.45) is 5.73 Å². The zero-order valence-electron chi connectivity index (χ0n) is 7.19. The summed E-state index contributed by atoms with van der Waals surface area (Å²) in [5, 5.41) is 2.68. The molecule has 0 aliphatic heterocycles. The minimum absolute atomic E-state index is 0. The highest BCUT2D eigenvalue weighted by Gasteiger charge is 2.00. The molecule has 3 nitrogen and oxygen atoms in total. The van der Waals surface area contributed by atoms with Gasteiger partial charge in [0.15, 0.2) is 0 Å². The van der Waals surface area contributed by atoms with Gasteiger partial charge in [-0.1, -0.05) is 18.2 Å². The van der Waals surface area contributed by atoms with Gasteiger partial charge in [-0.05, 0) is 12.1 Å². The molecule has 72 valence electrons. The lowest BCUT2D eigenvalue weighted by atomic mass is 10.2. The Morgan fingerprint density at radius 2 is 1.92 bits per heavy atom. The summed E-state index contributed by atoms with van der Waals surface area (Å²) in [6, 6.07) is 9.08. The molecular formula is C9H13ClN2O. The largest absolute Gasteiger partial charge is 0.351 e. The summed E-state index contributed by atoms with van der Waals surface area (Å²) < 4.78 is 0. The van der Waals surface area contributed by atoms with Gasteiger partial charge in [-0.3, -0.25) is 4.79 Å². The van der Waals surface area contributed by atoms with E-state index in [1.807, 2.05) is 18.2 Å². The Bertz CT molecular complexity index is 251. The lowest BCUT2D eigenvalue weighted by Crippen LogP contribution is -2.28. The molecule has 1 amide bonds. The first-order chi connectivity index (χ1) is 5.84. The molecule has 0 aromatic heterocycles. The van der Waals surface area contributed by atoms with Crippen LogP contribution in [0, 0.1) is 0 Å². The second-order valence-corrected chi connectivity index (χ2v) is 2.41. The molecular weight excluding hydrogens is 188 g/mol. The van der Waals surface area contributed by atoms with Gasteiger partial charge >= 0.3 is 0 Å². The molecule has 0 heterocycles. The van der Waals surface area contributed by atoms with Gasteiger partial charge in [0.2, 0.25) is 0 Å². The van der Waals surface area contributed by atoms with E-state index in [1.165, 1.54) is 0 Å². The predicted molar refractivity (Wildman–Crippen MR) is 55.1 cm³/mol. The first-order valence-electron chi connectivity index (χ1n) is 3.88. The number of nitrogens with one attached hydrogen (secondary N) is 1.